The molecule has 0 aromatic carbocycles. The van der Waals surface area contributed by atoms with Crippen LogP contribution >= 0.6 is 0 Å². The summed E-state index contributed by atoms with van der Waals surface area (Å²) in [4.78, 5) is 14.8. The average molecular weight is 268 g/mol. The van der Waals surface area contributed by atoms with E-state index in [1.54, 1.807) is 0 Å². The van der Waals surface area contributed by atoms with Crippen LogP contribution in [0.15, 0.2) is 6.20 Å². The smallest absolute Gasteiger partial charge is 0.295 e. The molecular weight excluding hydrogens is 255 g/mol. The van der Waals surface area contributed by atoms with E-state index in [1.165, 1.54) is 0 Å². The molecule has 0 spiro atoms. The molecule has 0 saturated carbocycles. The van der Waals surface area contributed by atoms with Gasteiger partial charge in [-0.25, -0.2) is 4.57 Å². The summed E-state index contributed by atoms with van der Waals surface area (Å²) >= 11 is 0. The molecule has 14 heavy (non-hydrogen) atoms. The predicted octanol–water partition coefficient (Wildman–Crippen LogP) is 0.642. The first-order valence-electron chi connectivity index (χ1n) is 4.08. The number of aromatic nitrogens is 2. The van der Waals surface area contributed by atoms with Gasteiger partial charge in [0.2, 0.25) is 0 Å². The quantitative estimate of drug-likeness (QED) is 0.739. The molecule has 0 fully saturated rings. The summed E-state index contributed by atoms with van der Waals surface area (Å²) in [5.41, 5.74) is 8.52. The van der Waals surface area contributed by atoms with Gasteiger partial charge in [0.25, 0.3) is 5.82 Å². The van der Waals surface area contributed by atoms with E-state index in [0.29, 0.717) is 0 Å². The van der Waals surface area contributed by atoms with Crippen molar-refractivity contribution in [1.82, 2.24) is 4.98 Å². The van der Waals surface area contributed by atoms with E-state index < -0.39 is 5.91 Å². The van der Waals surface area contributed by atoms with E-state index in [-0.39, 0.29) is 39.1 Å². The zero-order valence-corrected chi connectivity index (χ0v) is 11.5. The maximum absolute atomic E-state index is 10.6. The van der Waals surface area contributed by atoms with Crippen molar-refractivity contribution >= 4 is 5.91 Å². The molecule has 0 saturated heterocycles. The number of nitrogens with zero attached hydrogens (tertiary/aromatic N) is 2. The van der Waals surface area contributed by atoms with Crippen molar-refractivity contribution < 1.29 is 42.1 Å². The molecule has 1 amide bonds. The molecule has 1 heterocycles. The minimum atomic E-state index is -0.575. The van der Waals surface area contributed by atoms with Crippen LogP contribution in [0.1, 0.15) is 17.1 Å². The molecule has 0 aliphatic rings. The Hall–Kier alpha value is -0.346. The molecule has 1 aromatic rings. The topological polar surface area (TPSA) is 57.6 Å². The summed E-state index contributed by atoms with van der Waals surface area (Å²) in [6, 6.07) is 0. The Bertz CT molecular complexity index is 352. The third kappa shape index (κ3) is 3.42. The SMILES string of the molecule is Cc1nc(C)[n+](C)cc1CC([NH-])=O.[Y]. The first-order valence-corrected chi connectivity index (χ1v) is 4.08. The van der Waals surface area contributed by atoms with Crippen LogP contribution in [0, 0.1) is 13.8 Å². The summed E-state index contributed by atoms with van der Waals surface area (Å²) in [6.45, 7) is 3.75. The van der Waals surface area contributed by atoms with Crippen molar-refractivity contribution in [3.05, 3.63) is 29.0 Å². The van der Waals surface area contributed by atoms with Crippen molar-refractivity contribution in [3.63, 3.8) is 0 Å². The second-order valence-electron chi connectivity index (χ2n) is 3.11. The van der Waals surface area contributed by atoms with E-state index in [9.17, 15) is 4.79 Å². The van der Waals surface area contributed by atoms with Gasteiger partial charge < -0.3 is 10.5 Å². The van der Waals surface area contributed by atoms with Gasteiger partial charge in [0, 0.05) is 58.5 Å². The number of rotatable bonds is 2. The van der Waals surface area contributed by atoms with Crippen molar-refractivity contribution in [2.45, 2.75) is 20.3 Å². The molecule has 1 rings (SSSR count). The number of carbonyl (C=O) groups excluding carboxylic acids is 1. The summed E-state index contributed by atoms with van der Waals surface area (Å²) in [7, 11) is 1.87. The van der Waals surface area contributed by atoms with Gasteiger partial charge in [-0.1, -0.05) is 4.98 Å². The van der Waals surface area contributed by atoms with Crippen LogP contribution in [0.2, 0.25) is 0 Å². The molecule has 1 N–H and O–H groups in total. The number of carbonyl (C=O) groups is 1. The Morgan fingerprint density at radius 2 is 2.14 bits per heavy atom. The van der Waals surface area contributed by atoms with E-state index in [1.807, 2.05) is 31.7 Å². The largest absolute Gasteiger partial charge is 0.667 e. The van der Waals surface area contributed by atoms with Crippen molar-refractivity contribution in [2.24, 2.45) is 7.05 Å². The molecule has 0 aliphatic heterocycles. The van der Waals surface area contributed by atoms with Crippen LogP contribution in [0.4, 0.5) is 0 Å². The third-order valence-electron chi connectivity index (χ3n) is 2.01. The predicted molar refractivity (Wildman–Crippen MR) is 47.9 cm³/mol. The Morgan fingerprint density at radius 3 is 2.64 bits per heavy atom. The summed E-state index contributed by atoms with van der Waals surface area (Å²) in [6.07, 6.45) is 2.00. The molecule has 0 unspecified atom stereocenters. The number of aryl methyl sites for hydroxylation is 3. The Kier molecular flexibility index (Phi) is 5.38. The van der Waals surface area contributed by atoms with Crippen molar-refractivity contribution in [2.75, 3.05) is 0 Å². The van der Waals surface area contributed by atoms with Gasteiger partial charge >= 0.3 is 0 Å². The van der Waals surface area contributed by atoms with Crippen LogP contribution in [-0.4, -0.2) is 10.9 Å². The molecule has 0 aliphatic carbocycles. The number of amides is 1. The van der Waals surface area contributed by atoms with Crippen molar-refractivity contribution in [1.29, 1.82) is 0 Å². The fraction of sp³-hybridized carbons (Fsp3) is 0.444. The van der Waals surface area contributed by atoms with Gasteiger partial charge in [0.1, 0.15) is 0 Å². The minimum absolute atomic E-state index is 0. The van der Waals surface area contributed by atoms with Crippen LogP contribution in [0.3, 0.4) is 0 Å². The fourth-order valence-corrected chi connectivity index (χ4v) is 1.16. The minimum Gasteiger partial charge on any atom is -0.667 e. The Balaban J connectivity index is 0.00000169. The first-order chi connectivity index (χ1) is 6.00. The van der Waals surface area contributed by atoms with Crippen LogP contribution in [0.5, 0.6) is 0 Å². The number of nitrogens with one attached hydrogen (secondary N) is 1. The molecule has 73 valence electrons. The van der Waals surface area contributed by atoms with Crippen LogP contribution in [-0.2, 0) is 51.0 Å². The van der Waals surface area contributed by atoms with Gasteiger partial charge in [-0.15, -0.1) is 0 Å². The van der Waals surface area contributed by atoms with E-state index >= 15 is 0 Å². The van der Waals surface area contributed by atoms with Gasteiger partial charge in [0.05, 0.1) is 19.2 Å². The second-order valence-corrected chi connectivity index (χ2v) is 3.11. The fourth-order valence-electron chi connectivity index (χ4n) is 1.16. The van der Waals surface area contributed by atoms with Crippen LogP contribution < -0.4 is 4.57 Å². The van der Waals surface area contributed by atoms with Gasteiger partial charge in [-0.2, -0.15) is 0 Å². The normalized spacial score (nSPS) is 9.36. The second kappa shape index (κ2) is 5.51. The molecule has 1 radical (unpaired) electrons. The molecule has 1 aromatic heterocycles. The summed E-state index contributed by atoms with van der Waals surface area (Å²) < 4.78 is 1.85. The zero-order valence-electron chi connectivity index (χ0n) is 8.66. The van der Waals surface area contributed by atoms with E-state index in [4.69, 9.17) is 5.73 Å². The van der Waals surface area contributed by atoms with Crippen molar-refractivity contribution in [3.8, 4) is 0 Å². The van der Waals surface area contributed by atoms with Gasteiger partial charge in [-0.05, 0) is 0 Å². The molecule has 4 nitrogen and oxygen atoms in total. The number of hydrogen-bond donors (Lipinski definition) is 0. The maximum atomic E-state index is 10.6. The monoisotopic (exact) mass is 268 g/mol. The molecule has 0 bridgehead atoms. The first kappa shape index (κ1) is 13.7. The zero-order chi connectivity index (χ0) is 10.0. The molecule has 5 heteroatoms. The van der Waals surface area contributed by atoms with Crippen LogP contribution in [0.25, 0.3) is 5.73 Å². The Morgan fingerprint density at radius 1 is 1.57 bits per heavy atom. The standard InChI is InChI=1S/C9H13N3O.Y/c1-6-8(4-9(10)13)5-12(3)7(2)11-6;/h5H,4H2,1-3H3,(H-,10,13);. The Labute approximate surface area is 109 Å². The third-order valence-corrected chi connectivity index (χ3v) is 2.01. The van der Waals surface area contributed by atoms with Gasteiger partial charge in [-0.3, -0.25) is 0 Å². The van der Waals surface area contributed by atoms with Gasteiger partial charge in [0.15, 0.2) is 5.69 Å². The molecule has 0 atom stereocenters. The average Bonchev–Trinajstić information content (AvgIpc) is 1.99. The maximum Gasteiger partial charge on any atom is 0.295 e. The summed E-state index contributed by atoms with van der Waals surface area (Å²) in [5.74, 6) is 0.326. The molecular formula is C9H13N3OY. The van der Waals surface area contributed by atoms with E-state index in [2.05, 4.69) is 4.98 Å². The summed E-state index contributed by atoms with van der Waals surface area (Å²) in [5, 5.41) is 0. The van der Waals surface area contributed by atoms with E-state index in [0.717, 1.165) is 17.1 Å². The number of hydrogen-bond acceptors (Lipinski definition) is 2.